The van der Waals surface area contributed by atoms with E-state index in [0.29, 0.717) is 28.1 Å². The Kier molecular flexibility index (Phi) is 6.36. The molecule has 1 atom stereocenters. The van der Waals surface area contributed by atoms with Crippen molar-refractivity contribution in [3.8, 4) is 0 Å². The van der Waals surface area contributed by atoms with E-state index in [1.165, 1.54) is 19.2 Å². The first-order chi connectivity index (χ1) is 12.7. The molecule has 2 rings (SSSR count). The topological polar surface area (TPSA) is 118 Å². The minimum absolute atomic E-state index is 0.207. The van der Waals surface area contributed by atoms with Gasteiger partial charge in [0.15, 0.2) is 6.61 Å². The lowest BCUT2D eigenvalue weighted by molar-refractivity contribution is -0.119. The van der Waals surface area contributed by atoms with E-state index < -0.39 is 30.6 Å². The standard InChI is InChI=1S/C19H22N2O6/c1-10-16(12(3)22)11(2)20-17(10)19(25)27-9-15(23)21-14-7-5-13(6-8-14)18(24)26-4/h5-8,12,20,22H,9H2,1-4H3,(H,21,23)/t12-/m1/s1. The molecule has 1 aromatic heterocycles. The molecular formula is C19H22N2O6. The van der Waals surface area contributed by atoms with Crippen molar-refractivity contribution in [2.24, 2.45) is 0 Å². The van der Waals surface area contributed by atoms with E-state index in [1.54, 1.807) is 32.9 Å². The molecule has 0 saturated heterocycles. The normalized spacial score (nSPS) is 11.6. The molecule has 0 bridgehead atoms. The molecule has 27 heavy (non-hydrogen) atoms. The van der Waals surface area contributed by atoms with Crippen LogP contribution in [0.15, 0.2) is 24.3 Å². The smallest absolute Gasteiger partial charge is 0.355 e. The zero-order chi connectivity index (χ0) is 20.1. The van der Waals surface area contributed by atoms with Crippen LogP contribution in [0.4, 0.5) is 5.69 Å². The second-order valence-corrected chi connectivity index (χ2v) is 6.03. The summed E-state index contributed by atoms with van der Waals surface area (Å²) in [5.74, 6) is -1.68. The van der Waals surface area contributed by atoms with E-state index in [-0.39, 0.29) is 5.69 Å². The number of carbonyl (C=O) groups is 3. The Labute approximate surface area is 156 Å². The number of esters is 2. The summed E-state index contributed by atoms with van der Waals surface area (Å²) in [6.07, 6.45) is -0.723. The van der Waals surface area contributed by atoms with Gasteiger partial charge < -0.3 is 24.9 Å². The molecule has 0 saturated carbocycles. The van der Waals surface area contributed by atoms with Crippen molar-refractivity contribution in [2.75, 3.05) is 19.0 Å². The SMILES string of the molecule is COC(=O)c1ccc(NC(=O)COC(=O)c2[nH]c(C)c([C@@H](C)O)c2C)cc1. The highest BCUT2D eigenvalue weighted by atomic mass is 16.5. The number of nitrogens with one attached hydrogen (secondary N) is 2. The maximum atomic E-state index is 12.2. The molecule has 0 unspecified atom stereocenters. The quantitative estimate of drug-likeness (QED) is 0.668. The van der Waals surface area contributed by atoms with Gasteiger partial charge in [-0.3, -0.25) is 4.79 Å². The van der Waals surface area contributed by atoms with E-state index in [1.807, 2.05) is 0 Å². The largest absolute Gasteiger partial charge is 0.465 e. The Morgan fingerprint density at radius 3 is 2.30 bits per heavy atom. The molecule has 0 aliphatic heterocycles. The number of hydrogen-bond donors (Lipinski definition) is 3. The van der Waals surface area contributed by atoms with Crippen LogP contribution in [0, 0.1) is 13.8 Å². The Balaban J connectivity index is 1.95. The summed E-state index contributed by atoms with van der Waals surface area (Å²) >= 11 is 0. The van der Waals surface area contributed by atoms with Gasteiger partial charge in [0.2, 0.25) is 0 Å². The highest BCUT2D eigenvalue weighted by Gasteiger charge is 2.21. The van der Waals surface area contributed by atoms with Crippen molar-refractivity contribution in [3.63, 3.8) is 0 Å². The number of hydrogen-bond acceptors (Lipinski definition) is 6. The Morgan fingerprint density at radius 2 is 1.78 bits per heavy atom. The predicted octanol–water partition coefficient (Wildman–Crippen LogP) is 2.27. The van der Waals surface area contributed by atoms with Gasteiger partial charge in [0.05, 0.1) is 18.8 Å². The van der Waals surface area contributed by atoms with Gasteiger partial charge in [0, 0.05) is 16.9 Å². The van der Waals surface area contributed by atoms with Crippen molar-refractivity contribution in [3.05, 3.63) is 52.3 Å². The number of anilines is 1. The Morgan fingerprint density at radius 1 is 1.15 bits per heavy atom. The number of aromatic nitrogens is 1. The predicted molar refractivity (Wildman–Crippen MR) is 97.6 cm³/mol. The monoisotopic (exact) mass is 374 g/mol. The summed E-state index contributed by atoms with van der Waals surface area (Å²) in [6, 6.07) is 6.10. The van der Waals surface area contributed by atoms with Crippen molar-refractivity contribution < 1.29 is 29.0 Å². The number of aliphatic hydroxyl groups excluding tert-OH is 1. The molecule has 0 aliphatic rings. The zero-order valence-corrected chi connectivity index (χ0v) is 15.6. The summed E-state index contributed by atoms with van der Waals surface area (Å²) in [5, 5.41) is 12.3. The molecule has 0 radical (unpaired) electrons. The number of aromatic amines is 1. The van der Waals surface area contributed by atoms with Gasteiger partial charge in [-0.25, -0.2) is 9.59 Å². The molecule has 1 amide bonds. The Hall–Kier alpha value is -3.13. The molecule has 3 N–H and O–H groups in total. The van der Waals surface area contributed by atoms with E-state index in [2.05, 4.69) is 15.0 Å². The number of H-pyrrole nitrogens is 1. The molecule has 0 aliphatic carbocycles. The van der Waals surface area contributed by atoms with Crippen molar-refractivity contribution in [1.29, 1.82) is 0 Å². The number of ether oxygens (including phenoxy) is 2. The van der Waals surface area contributed by atoms with Crippen LogP contribution in [0.25, 0.3) is 0 Å². The fraction of sp³-hybridized carbons (Fsp3) is 0.316. The lowest BCUT2D eigenvalue weighted by atomic mass is 10.1. The van der Waals surface area contributed by atoms with Gasteiger partial charge in [-0.05, 0) is 50.6 Å². The summed E-state index contributed by atoms with van der Waals surface area (Å²) in [7, 11) is 1.28. The first kappa shape index (κ1) is 20.2. The van der Waals surface area contributed by atoms with E-state index in [0.717, 1.165) is 0 Å². The third-order valence-corrected chi connectivity index (χ3v) is 4.04. The fourth-order valence-corrected chi connectivity index (χ4v) is 2.80. The average Bonchev–Trinajstić information content (AvgIpc) is 2.94. The lowest BCUT2D eigenvalue weighted by Crippen LogP contribution is -2.21. The maximum absolute atomic E-state index is 12.2. The van der Waals surface area contributed by atoms with Gasteiger partial charge >= 0.3 is 11.9 Å². The summed E-state index contributed by atoms with van der Waals surface area (Å²) in [4.78, 5) is 38.4. The summed E-state index contributed by atoms with van der Waals surface area (Å²) in [5.41, 5.74) is 2.91. The van der Waals surface area contributed by atoms with Gasteiger partial charge in [0.1, 0.15) is 5.69 Å². The first-order valence-electron chi connectivity index (χ1n) is 8.27. The zero-order valence-electron chi connectivity index (χ0n) is 15.6. The maximum Gasteiger partial charge on any atom is 0.355 e. The van der Waals surface area contributed by atoms with Crippen LogP contribution in [0.2, 0.25) is 0 Å². The van der Waals surface area contributed by atoms with Crippen LogP contribution < -0.4 is 5.32 Å². The van der Waals surface area contributed by atoms with Crippen molar-refractivity contribution >= 4 is 23.5 Å². The van der Waals surface area contributed by atoms with Gasteiger partial charge in [-0.1, -0.05) is 0 Å². The van der Waals surface area contributed by atoms with Crippen LogP contribution in [0.1, 0.15) is 50.7 Å². The molecular weight excluding hydrogens is 352 g/mol. The van der Waals surface area contributed by atoms with E-state index >= 15 is 0 Å². The molecule has 1 heterocycles. The van der Waals surface area contributed by atoms with Crippen LogP contribution in [0.3, 0.4) is 0 Å². The highest BCUT2D eigenvalue weighted by Crippen LogP contribution is 2.24. The van der Waals surface area contributed by atoms with Gasteiger partial charge in [-0.15, -0.1) is 0 Å². The molecule has 8 nitrogen and oxygen atoms in total. The molecule has 1 aromatic carbocycles. The number of carbonyl (C=O) groups excluding carboxylic acids is 3. The third kappa shape index (κ3) is 4.73. The number of aryl methyl sites for hydroxylation is 1. The average molecular weight is 374 g/mol. The lowest BCUT2D eigenvalue weighted by Gasteiger charge is -2.08. The van der Waals surface area contributed by atoms with Gasteiger partial charge in [0.25, 0.3) is 5.91 Å². The summed E-state index contributed by atoms with van der Waals surface area (Å²) < 4.78 is 9.63. The second-order valence-electron chi connectivity index (χ2n) is 6.03. The molecule has 144 valence electrons. The second kappa shape index (κ2) is 8.50. The number of rotatable bonds is 6. The first-order valence-corrected chi connectivity index (χ1v) is 8.27. The summed E-state index contributed by atoms with van der Waals surface area (Å²) in [6.45, 7) is 4.58. The molecule has 8 heteroatoms. The Bertz CT molecular complexity index is 852. The number of benzene rings is 1. The van der Waals surface area contributed by atoms with Crippen LogP contribution in [0.5, 0.6) is 0 Å². The van der Waals surface area contributed by atoms with Crippen molar-refractivity contribution in [2.45, 2.75) is 26.9 Å². The van der Waals surface area contributed by atoms with E-state index in [4.69, 9.17) is 4.74 Å². The van der Waals surface area contributed by atoms with Crippen molar-refractivity contribution in [1.82, 2.24) is 4.98 Å². The molecule has 0 spiro atoms. The third-order valence-electron chi connectivity index (χ3n) is 4.04. The van der Waals surface area contributed by atoms with E-state index in [9.17, 15) is 19.5 Å². The molecule has 2 aromatic rings. The van der Waals surface area contributed by atoms with Crippen LogP contribution in [-0.2, 0) is 14.3 Å². The number of amides is 1. The number of methoxy groups -OCH3 is 1. The number of aliphatic hydroxyl groups is 1. The fourth-order valence-electron chi connectivity index (χ4n) is 2.80. The molecule has 0 fully saturated rings. The van der Waals surface area contributed by atoms with Gasteiger partial charge in [-0.2, -0.15) is 0 Å². The van der Waals surface area contributed by atoms with Crippen LogP contribution >= 0.6 is 0 Å². The minimum Gasteiger partial charge on any atom is -0.465 e. The van der Waals surface area contributed by atoms with Crippen LogP contribution in [-0.4, -0.2) is 41.7 Å². The highest BCUT2D eigenvalue weighted by molar-refractivity contribution is 5.96. The minimum atomic E-state index is -0.723.